The van der Waals surface area contributed by atoms with Gasteiger partial charge in [-0.05, 0) is 55.6 Å². The normalized spacial score (nSPS) is 29.0. The van der Waals surface area contributed by atoms with Gasteiger partial charge in [-0.2, -0.15) is 0 Å². The van der Waals surface area contributed by atoms with Crippen molar-refractivity contribution in [3.8, 4) is 0 Å². The first-order valence-corrected chi connectivity index (χ1v) is 17.5. The Labute approximate surface area is 269 Å². The first-order valence-electron chi connectivity index (χ1n) is 16.0. The van der Waals surface area contributed by atoms with Crippen molar-refractivity contribution in [3.05, 3.63) is 48.0 Å². The number of fused-ring (bicyclic) bond motifs is 4. The molecule has 4 bridgehead atoms. The van der Waals surface area contributed by atoms with Gasteiger partial charge in [-0.25, -0.2) is 13.2 Å². The molecule has 2 aliphatic heterocycles. The van der Waals surface area contributed by atoms with Gasteiger partial charge in [-0.15, -0.1) is 6.58 Å². The Hall–Kier alpha value is -3.94. The fourth-order valence-electron chi connectivity index (χ4n) is 6.21. The maximum Gasteiger partial charge on any atom is 0.407 e. The van der Waals surface area contributed by atoms with Gasteiger partial charge in [0.15, 0.2) is 0 Å². The molecular formula is C32H43N5O8S. The molecule has 5 rings (SSSR count). The Bertz CT molecular complexity index is 1510. The third-order valence-electron chi connectivity index (χ3n) is 9.17. The Balaban J connectivity index is 1.37. The van der Waals surface area contributed by atoms with E-state index in [4.69, 9.17) is 4.74 Å². The van der Waals surface area contributed by atoms with E-state index in [1.54, 1.807) is 13.8 Å². The number of alkyl carbamates (subject to hydrolysis) is 1. The summed E-state index contributed by atoms with van der Waals surface area (Å²) in [6.45, 7) is 7.39. The molecule has 2 aliphatic carbocycles. The second kappa shape index (κ2) is 13.4. The van der Waals surface area contributed by atoms with Crippen LogP contribution in [0.4, 0.5) is 4.79 Å². The number of nitrogens with one attached hydrogen (secondary N) is 4. The number of hydrogen-bond acceptors (Lipinski definition) is 8. The zero-order valence-electron chi connectivity index (χ0n) is 26.3. The van der Waals surface area contributed by atoms with Crippen molar-refractivity contribution in [2.75, 3.05) is 6.54 Å². The van der Waals surface area contributed by atoms with Gasteiger partial charge in [-0.3, -0.25) is 23.9 Å². The van der Waals surface area contributed by atoms with Crippen LogP contribution >= 0.6 is 0 Å². The van der Waals surface area contributed by atoms with Gasteiger partial charge in [-0.1, -0.05) is 44.2 Å². The Kier molecular flexibility index (Phi) is 9.75. The van der Waals surface area contributed by atoms with Crippen molar-refractivity contribution in [1.82, 2.24) is 25.6 Å². The number of ether oxygens (including phenoxy) is 1. The van der Waals surface area contributed by atoms with Crippen molar-refractivity contribution in [2.45, 2.75) is 101 Å². The third-order valence-corrected chi connectivity index (χ3v) is 11.0. The molecule has 1 aromatic carbocycles. The monoisotopic (exact) mass is 657 g/mol. The summed E-state index contributed by atoms with van der Waals surface area (Å²) in [6.07, 6.45) is 3.26. The van der Waals surface area contributed by atoms with E-state index >= 15 is 0 Å². The van der Waals surface area contributed by atoms with E-state index in [9.17, 15) is 32.4 Å². The number of carbonyl (C=O) groups excluding carboxylic acids is 5. The van der Waals surface area contributed by atoms with Crippen molar-refractivity contribution in [3.63, 3.8) is 0 Å². The van der Waals surface area contributed by atoms with Gasteiger partial charge in [0.25, 0.3) is 5.91 Å². The van der Waals surface area contributed by atoms with Gasteiger partial charge in [0.05, 0.1) is 11.8 Å². The second-order valence-electron chi connectivity index (χ2n) is 13.1. The van der Waals surface area contributed by atoms with Crippen molar-refractivity contribution < 1.29 is 37.1 Å². The number of hydrogen-bond donors (Lipinski definition) is 4. The molecule has 250 valence electrons. The summed E-state index contributed by atoms with van der Waals surface area (Å²) in [5.74, 6) is -3.19. The third kappa shape index (κ3) is 7.54. The molecule has 1 saturated heterocycles. The van der Waals surface area contributed by atoms with Crippen LogP contribution in [-0.2, 0) is 46.9 Å². The second-order valence-corrected chi connectivity index (χ2v) is 15.1. The lowest BCUT2D eigenvalue weighted by molar-refractivity contribution is -0.143. The van der Waals surface area contributed by atoms with E-state index in [1.165, 1.54) is 11.0 Å². The van der Waals surface area contributed by atoms with Gasteiger partial charge in [0.1, 0.15) is 23.7 Å². The molecule has 5 atom stereocenters. The van der Waals surface area contributed by atoms with Gasteiger partial charge < -0.3 is 25.6 Å². The van der Waals surface area contributed by atoms with Crippen LogP contribution in [0.15, 0.2) is 36.9 Å². The molecule has 2 heterocycles. The highest BCUT2D eigenvalue weighted by molar-refractivity contribution is 7.91. The van der Waals surface area contributed by atoms with Gasteiger partial charge in [0.2, 0.25) is 27.7 Å². The smallest absolute Gasteiger partial charge is 0.407 e. The summed E-state index contributed by atoms with van der Waals surface area (Å²) in [4.78, 5) is 68.2. The molecule has 46 heavy (non-hydrogen) atoms. The maximum absolute atomic E-state index is 14.0. The van der Waals surface area contributed by atoms with E-state index < -0.39 is 68.7 Å². The lowest BCUT2D eigenvalue weighted by atomic mass is 10.0. The van der Waals surface area contributed by atoms with E-state index in [0.29, 0.717) is 19.3 Å². The minimum Gasteiger partial charge on any atom is -0.444 e. The first kappa shape index (κ1) is 33.4. The average molecular weight is 658 g/mol. The summed E-state index contributed by atoms with van der Waals surface area (Å²) in [6, 6.07) is 5.67. The Morgan fingerprint density at radius 2 is 1.85 bits per heavy atom. The lowest BCUT2D eigenvalue weighted by Crippen LogP contribution is -2.59. The van der Waals surface area contributed by atoms with E-state index in [-0.39, 0.29) is 44.2 Å². The number of nitrogens with zero attached hydrogens (tertiary/aromatic N) is 1. The highest BCUT2D eigenvalue weighted by atomic mass is 32.2. The summed E-state index contributed by atoms with van der Waals surface area (Å²) in [5.41, 5.74) is 0.413. The van der Waals surface area contributed by atoms with Crippen molar-refractivity contribution in [2.24, 2.45) is 11.8 Å². The number of amides is 5. The molecule has 4 N–H and O–H groups in total. The van der Waals surface area contributed by atoms with Crippen LogP contribution in [0.1, 0.15) is 69.9 Å². The average Bonchev–Trinajstić information content (AvgIpc) is 3.93. The standard InChI is InChI=1S/C32H43N5O8S/c1-4-22-16-32(22,30(41)36-46(43,44)24-12-13-24)35-28(39)25-15-23-18-37(25)29(40)27(19(2)3)34-26(38)11-6-5-8-20-9-7-10-21(14-20)17-33-31(42)45-23/h4,7,9-10,14,19,22-25,27H,1,5-6,8,11-13,15-18H2,2-3H3,(H,33,42)(H,34,38)(H,35,39)(H,36,41)/t22-,23-,25+,27+,32-/m1/s1. The predicted molar refractivity (Wildman–Crippen MR) is 167 cm³/mol. The minimum absolute atomic E-state index is 0.0595. The molecule has 5 amide bonds. The Morgan fingerprint density at radius 1 is 1.13 bits per heavy atom. The van der Waals surface area contributed by atoms with Crippen LogP contribution in [-0.4, -0.2) is 78.6 Å². The molecule has 0 unspecified atom stereocenters. The number of sulfonamides is 1. The molecule has 14 heteroatoms. The number of carbonyl (C=O) groups is 5. The van der Waals surface area contributed by atoms with Crippen molar-refractivity contribution in [1.29, 1.82) is 0 Å². The van der Waals surface area contributed by atoms with Crippen LogP contribution in [0, 0.1) is 11.8 Å². The van der Waals surface area contributed by atoms with Crippen LogP contribution < -0.4 is 20.7 Å². The van der Waals surface area contributed by atoms with E-state index in [0.717, 1.165) is 24.0 Å². The largest absolute Gasteiger partial charge is 0.444 e. The molecule has 13 nitrogen and oxygen atoms in total. The maximum atomic E-state index is 14.0. The zero-order valence-corrected chi connectivity index (χ0v) is 27.1. The minimum atomic E-state index is -3.88. The molecule has 0 aromatic heterocycles. The van der Waals surface area contributed by atoms with Crippen molar-refractivity contribution >= 4 is 39.7 Å². The van der Waals surface area contributed by atoms with E-state index in [1.807, 2.05) is 24.3 Å². The molecule has 0 spiro atoms. The highest BCUT2D eigenvalue weighted by Gasteiger charge is 2.62. The van der Waals surface area contributed by atoms with Gasteiger partial charge >= 0.3 is 6.09 Å². The van der Waals surface area contributed by atoms with Crippen LogP contribution in [0.3, 0.4) is 0 Å². The first-order chi connectivity index (χ1) is 21.8. The fraction of sp³-hybridized carbons (Fsp3) is 0.594. The fourth-order valence-corrected chi connectivity index (χ4v) is 7.57. The zero-order chi connectivity index (χ0) is 33.2. The van der Waals surface area contributed by atoms with E-state index in [2.05, 4.69) is 27.3 Å². The summed E-state index contributed by atoms with van der Waals surface area (Å²) in [5, 5.41) is 7.65. The lowest BCUT2D eigenvalue weighted by Gasteiger charge is -2.31. The molecule has 3 fully saturated rings. The number of rotatable bonds is 7. The number of benzene rings is 1. The molecule has 0 radical (unpaired) electrons. The molecular weight excluding hydrogens is 614 g/mol. The van der Waals surface area contributed by atoms with Crippen LogP contribution in [0.25, 0.3) is 0 Å². The summed E-state index contributed by atoms with van der Waals surface area (Å²) >= 11 is 0. The summed E-state index contributed by atoms with van der Waals surface area (Å²) < 4.78 is 32.8. The summed E-state index contributed by atoms with van der Waals surface area (Å²) in [7, 11) is -3.88. The molecule has 4 aliphatic rings. The molecule has 1 aromatic rings. The predicted octanol–water partition coefficient (Wildman–Crippen LogP) is 1.42. The van der Waals surface area contributed by atoms with Crippen LogP contribution in [0.2, 0.25) is 0 Å². The van der Waals surface area contributed by atoms with Gasteiger partial charge in [0, 0.05) is 25.3 Å². The topological polar surface area (TPSA) is 180 Å². The SMILES string of the molecule is C=C[C@@H]1C[C@]1(NC(=O)[C@@H]1C[C@@H]2CN1C(=O)[C@H](C(C)C)NC(=O)CCCCc1cccc(c1)CNC(=O)O2)C(=O)NS(=O)(=O)C1CC1. The van der Waals surface area contributed by atoms with Crippen LogP contribution in [0.5, 0.6) is 0 Å². The number of aryl methyl sites for hydroxylation is 1. The highest BCUT2D eigenvalue weighted by Crippen LogP contribution is 2.45. The Morgan fingerprint density at radius 3 is 2.52 bits per heavy atom. The quantitative estimate of drug-likeness (QED) is 0.318. The molecule has 2 saturated carbocycles.